The molecule has 1 fully saturated rings. The Balaban J connectivity index is 2.06. The first-order valence-electron chi connectivity index (χ1n) is 6.22. The van der Waals surface area contributed by atoms with Crippen molar-refractivity contribution in [1.82, 2.24) is 4.90 Å². The molecule has 1 N–H and O–H groups in total. The smallest absolute Gasteiger partial charge is 0.305 e. The van der Waals surface area contributed by atoms with E-state index in [4.69, 9.17) is 9.52 Å². The van der Waals surface area contributed by atoms with E-state index in [1.165, 1.54) is 0 Å². The summed E-state index contributed by atoms with van der Waals surface area (Å²) in [6.45, 7) is 0.606. The van der Waals surface area contributed by atoms with Crippen LogP contribution in [0.25, 0.3) is 0 Å². The zero-order chi connectivity index (χ0) is 13.8. The number of thioether (sulfide) groups is 1. The Morgan fingerprint density at radius 3 is 3.00 bits per heavy atom. The number of nitrogens with zero attached hydrogens (tertiary/aromatic N) is 1. The van der Waals surface area contributed by atoms with Crippen molar-refractivity contribution in [1.29, 1.82) is 0 Å². The molecule has 0 aromatic carbocycles. The molecule has 0 aliphatic carbocycles. The zero-order valence-corrected chi connectivity index (χ0v) is 11.6. The van der Waals surface area contributed by atoms with E-state index in [1.54, 1.807) is 28.8 Å². The summed E-state index contributed by atoms with van der Waals surface area (Å²) >= 11 is 1.62. The first kappa shape index (κ1) is 14.0. The van der Waals surface area contributed by atoms with Crippen LogP contribution in [0.3, 0.4) is 0 Å². The summed E-state index contributed by atoms with van der Waals surface area (Å²) in [7, 11) is 0. The van der Waals surface area contributed by atoms with Crippen molar-refractivity contribution >= 4 is 23.6 Å². The summed E-state index contributed by atoms with van der Waals surface area (Å²) in [5, 5.41) is 8.85. The Labute approximate surface area is 116 Å². The molecule has 5 nitrogen and oxygen atoms in total. The highest BCUT2D eigenvalue weighted by Crippen LogP contribution is 2.24. The molecule has 0 saturated carbocycles. The number of rotatable bonds is 5. The fourth-order valence-electron chi connectivity index (χ4n) is 2.37. The van der Waals surface area contributed by atoms with E-state index < -0.39 is 5.97 Å². The molecule has 1 saturated heterocycles. The lowest BCUT2D eigenvalue weighted by Crippen LogP contribution is -2.36. The number of carboxylic acids is 1. The van der Waals surface area contributed by atoms with Gasteiger partial charge >= 0.3 is 5.97 Å². The lowest BCUT2D eigenvalue weighted by atomic mass is 10.1. The molecule has 2 rings (SSSR count). The van der Waals surface area contributed by atoms with E-state index in [0.29, 0.717) is 12.3 Å². The fraction of sp³-hybridized carbons (Fsp3) is 0.538. The van der Waals surface area contributed by atoms with Gasteiger partial charge in [0.05, 0.1) is 12.2 Å². The van der Waals surface area contributed by atoms with E-state index in [9.17, 15) is 9.59 Å². The van der Waals surface area contributed by atoms with Crippen molar-refractivity contribution in [2.45, 2.75) is 31.1 Å². The molecule has 0 bridgehead atoms. The summed E-state index contributed by atoms with van der Waals surface area (Å²) in [5.74, 6) is 0.737. The third kappa shape index (κ3) is 3.32. The van der Waals surface area contributed by atoms with Gasteiger partial charge in [0.15, 0.2) is 5.76 Å². The second kappa shape index (κ2) is 6.14. The van der Waals surface area contributed by atoms with Crippen LogP contribution in [0, 0.1) is 0 Å². The first-order chi connectivity index (χ1) is 9.11. The van der Waals surface area contributed by atoms with Gasteiger partial charge in [-0.2, -0.15) is 11.8 Å². The highest BCUT2D eigenvalue weighted by Gasteiger charge is 2.32. The van der Waals surface area contributed by atoms with Crippen LogP contribution in [0.4, 0.5) is 0 Å². The Kier molecular flexibility index (Phi) is 4.52. The Hall–Kier alpha value is -1.43. The first-order valence-corrected chi connectivity index (χ1v) is 7.61. The standard InChI is InChI=1S/C13H17NO4S/c1-19-8-10-4-5-11(18-10)13(17)14-6-2-3-9(14)7-12(15)16/h4-5,9H,2-3,6-8H2,1H3,(H,15,16). The average Bonchev–Trinajstić information content (AvgIpc) is 2.97. The third-order valence-corrected chi connectivity index (χ3v) is 3.78. The molecule has 1 aromatic rings. The highest BCUT2D eigenvalue weighted by molar-refractivity contribution is 7.97. The number of aliphatic carboxylic acids is 1. The molecule has 0 spiro atoms. The lowest BCUT2D eigenvalue weighted by molar-refractivity contribution is -0.137. The van der Waals surface area contributed by atoms with Gasteiger partial charge in [-0.25, -0.2) is 0 Å². The van der Waals surface area contributed by atoms with E-state index >= 15 is 0 Å². The number of carboxylic acid groups (broad SMARTS) is 1. The van der Waals surface area contributed by atoms with E-state index in [2.05, 4.69) is 0 Å². The molecule has 1 aromatic heterocycles. The Bertz CT molecular complexity index is 471. The van der Waals surface area contributed by atoms with Crippen LogP contribution in [0.5, 0.6) is 0 Å². The number of likely N-dealkylation sites (tertiary alicyclic amines) is 1. The predicted molar refractivity (Wildman–Crippen MR) is 72.2 cm³/mol. The monoisotopic (exact) mass is 283 g/mol. The number of carbonyl (C=O) groups excluding carboxylic acids is 1. The lowest BCUT2D eigenvalue weighted by Gasteiger charge is -2.22. The molecule has 1 amide bonds. The number of furan rings is 1. The second-order valence-corrected chi connectivity index (χ2v) is 5.46. The highest BCUT2D eigenvalue weighted by atomic mass is 32.2. The number of hydrogen-bond acceptors (Lipinski definition) is 4. The van der Waals surface area contributed by atoms with Crippen LogP contribution in [0.1, 0.15) is 35.6 Å². The van der Waals surface area contributed by atoms with Crippen molar-refractivity contribution in [3.63, 3.8) is 0 Å². The van der Waals surface area contributed by atoms with Gasteiger partial charge in [-0.1, -0.05) is 0 Å². The summed E-state index contributed by atoms with van der Waals surface area (Å²) in [4.78, 5) is 24.7. The maximum Gasteiger partial charge on any atom is 0.305 e. The molecule has 104 valence electrons. The van der Waals surface area contributed by atoms with Gasteiger partial charge in [-0.3, -0.25) is 9.59 Å². The van der Waals surface area contributed by atoms with Crippen molar-refractivity contribution in [2.24, 2.45) is 0 Å². The van der Waals surface area contributed by atoms with Crippen LogP contribution >= 0.6 is 11.8 Å². The average molecular weight is 283 g/mol. The molecule has 6 heteroatoms. The van der Waals surface area contributed by atoms with Crippen molar-refractivity contribution in [3.8, 4) is 0 Å². The SMILES string of the molecule is CSCc1ccc(C(=O)N2CCCC2CC(=O)O)o1. The van der Waals surface area contributed by atoms with Crippen LogP contribution in [0.15, 0.2) is 16.5 Å². The van der Waals surface area contributed by atoms with Gasteiger partial charge in [0.1, 0.15) is 5.76 Å². The largest absolute Gasteiger partial charge is 0.481 e. The van der Waals surface area contributed by atoms with Gasteiger partial charge in [-0.15, -0.1) is 0 Å². The van der Waals surface area contributed by atoms with Gasteiger partial charge in [-0.05, 0) is 31.2 Å². The topological polar surface area (TPSA) is 70.8 Å². The van der Waals surface area contributed by atoms with Gasteiger partial charge < -0.3 is 14.4 Å². The fourth-order valence-corrected chi connectivity index (χ4v) is 2.81. The Morgan fingerprint density at radius 1 is 1.53 bits per heavy atom. The molecule has 2 heterocycles. The number of carbonyl (C=O) groups is 2. The van der Waals surface area contributed by atoms with Crippen LogP contribution < -0.4 is 0 Å². The number of hydrogen-bond donors (Lipinski definition) is 1. The van der Waals surface area contributed by atoms with Crippen molar-refractivity contribution in [3.05, 3.63) is 23.7 Å². The van der Waals surface area contributed by atoms with Crippen molar-refractivity contribution in [2.75, 3.05) is 12.8 Å². The maximum absolute atomic E-state index is 12.3. The molecule has 1 aliphatic heterocycles. The minimum absolute atomic E-state index is 0.00408. The Morgan fingerprint density at radius 2 is 2.32 bits per heavy atom. The zero-order valence-electron chi connectivity index (χ0n) is 10.8. The molecular weight excluding hydrogens is 266 g/mol. The molecule has 1 aliphatic rings. The summed E-state index contributed by atoms with van der Waals surface area (Å²) in [6.07, 6.45) is 3.57. The number of amides is 1. The molecule has 1 unspecified atom stereocenters. The minimum atomic E-state index is -0.868. The van der Waals surface area contributed by atoms with Gasteiger partial charge in [0, 0.05) is 12.6 Å². The quantitative estimate of drug-likeness (QED) is 0.897. The molecule has 0 radical (unpaired) electrons. The minimum Gasteiger partial charge on any atom is -0.481 e. The van der Waals surface area contributed by atoms with Crippen LogP contribution in [-0.4, -0.2) is 40.7 Å². The summed E-state index contributed by atoms with van der Waals surface area (Å²) in [5.41, 5.74) is 0. The summed E-state index contributed by atoms with van der Waals surface area (Å²) in [6, 6.07) is 3.26. The van der Waals surface area contributed by atoms with E-state index in [1.807, 2.05) is 6.26 Å². The van der Waals surface area contributed by atoms with E-state index in [0.717, 1.165) is 24.4 Å². The van der Waals surface area contributed by atoms with Crippen LogP contribution in [-0.2, 0) is 10.5 Å². The summed E-state index contributed by atoms with van der Waals surface area (Å²) < 4.78 is 5.49. The molecule has 19 heavy (non-hydrogen) atoms. The second-order valence-electron chi connectivity index (χ2n) is 4.59. The van der Waals surface area contributed by atoms with Gasteiger partial charge in [0.2, 0.25) is 0 Å². The molecule has 1 atom stereocenters. The van der Waals surface area contributed by atoms with E-state index in [-0.39, 0.29) is 18.4 Å². The molecular formula is C13H17NO4S. The maximum atomic E-state index is 12.3. The van der Waals surface area contributed by atoms with Gasteiger partial charge in [0.25, 0.3) is 5.91 Å². The normalized spacial score (nSPS) is 18.8. The van der Waals surface area contributed by atoms with Crippen molar-refractivity contribution < 1.29 is 19.1 Å². The predicted octanol–water partition coefficient (Wildman–Crippen LogP) is 2.22. The third-order valence-electron chi connectivity index (χ3n) is 3.21. The van der Waals surface area contributed by atoms with Crippen LogP contribution in [0.2, 0.25) is 0 Å².